The fourth-order valence-electron chi connectivity index (χ4n) is 1.60. The van der Waals surface area contributed by atoms with E-state index in [9.17, 15) is 4.79 Å². The lowest BCUT2D eigenvalue weighted by Gasteiger charge is -2.17. The zero-order chi connectivity index (χ0) is 13.0. The van der Waals surface area contributed by atoms with Gasteiger partial charge < -0.3 is 4.90 Å². The molecule has 1 aromatic heterocycles. The van der Waals surface area contributed by atoms with Gasteiger partial charge in [0.05, 0.1) is 11.6 Å². The molecule has 1 amide bonds. The maximum Gasteiger partial charge on any atom is 0.258 e. The Morgan fingerprint density at radius 2 is 2.00 bits per heavy atom. The Morgan fingerprint density at radius 3 is 2.67 bits per heavy atom. The number of amides is 1. The second-order valence-electron chi connectivity index (χ2n) is 3.76. The van der Waals surface area contributed by atoms with E-state index in [2.05, 4.69) is 4.98 Å². The molecular weight excluding hydrogens is 226 g/mol. The summed E-state index contributed by atoms with van der Waals surface area (Å²) in [6.45, 7) is 0. The van der Waals surface area contributed by atoms with E-state index >= 15 is 0 Å². The predicted molar refractivity (Wildman–Crippen MR) is 68.1 cm³/mol. The van der Waals surface area contributed by atoms with Crippen LogP contribution in [0.1, 0.15) is 15.9 Å². The molecule has 0 atom stereocenters. The molecule has 0 fully saturated rings. The molecule has 4 nitrogen and oxygen atoms in total. The van der Waals surface area contributed by atoms with Gasteiger partial charge in [0.1, 0.15) is 0 Å². The summed E-state index contributed by atoms with van der Waals surface area (Å²) in [7, 11) is 1.69. The third kappa shape index (κ3) is 2.36. The SMILES string of the molecule is CN(C(=O)c1cccc(C#N)c1)c1ccncc1. The lowest BCUT2D eigenvalue weighted by Crippen LogP contribution is -2.26. The van der Waals surface area contributed by atoms with Gasteiger partial charge in [0, 0.05) is 30.7 Å². The summed E-state index contributed by atoms with van der Waals surface area (Å²) in [4.78, 5) is 17.6. The Balaban J connectivity index is 2.29. The van der Waals surface area contributed by atoms with Crippen molar-refractivity contribution >= 4 is 11.6 Å². The Labute approximate surface area is 105 Å². The Bertz CT molecular complexity index is 602. The van der Waals surface area contributed by atoms with Gasteiger partial charge in [0.15, 0.2) is 0 Å². The summed E-state index contributed by atoms with van der Waals surface area (Å²) in [6, 6.07) is 12.2. The van der Waals surface area contributed by atoms with Crippen molar-refractivity contribution < 1.29 is 4.79 Å². The van der Waals surface area contributed by atoms with Gasteiger partial charge in [0.2, 0.25) is 0 Å². The van der Waals surface area contributed by atoms with E-state index in [1.807, 2.05) is 6.07 Å². The Morgan fingerprint density at radius 1 is 1.28 bits per heavy atom. The minimum Gasteiger partial charge on any atom is -0.311 e. The van der Waals surface area contributed by atoms with Gasteiger partial charge in [-0.15, -0.1) is 0 Å². The van der Waals surface area contributed by atoms with Crippen molar-refractivity contribution in [3.8, 4) is 6.07 Å². The van der Waals surface area contributed by atoms with Gasteiger partial charge in [0.25, 0.3) is 5.91 Å². The molecule has 0 aliphatic heterocycles. The third-order valence-electron chi connectivity index (χ3n) is 2.59. The average Bonchev–Trinajstić information content (AvgIpc) is 2.46. The molecule has 0 aliphatic carbocycles. The summed E-state index contributed by atoms with van der Waals surface area (Å²) >= 11 is 0. The van der Waals surface area contributed by atoms with E-state index in [1.165, 1.54) is 4.90 Å². The molecule has 0 saturated carbocycles. The first-order valence-electron chi connectivity index (χ1n) is 5.40. The first-order valence-corrected chi connectivity index (χ1v) is 5.40. The van der Waals surface area contributed by atoms with E-state index in [1.54, 1.807) is 55.8 Å². The van der Waals surface area contributed by atoms with Crippen LogP contribution < -0.4 is 4.90 Å². The second kappa shape index (κ2) is 5.11. The van der Waals surface area contributed by atoms with Crippen LogP contribution in [0.3, 0.4) is 0 Å². The van der Waals surface area contributed by atoms with E-state index < -0.39 is 0 Å². The summed E-state index contributed by atoms with van der Waals surface area (Å²) in [5, 5.41) is 8.82. The molecule has 0 unspecified atom stereocenters. The molecule has 2 aromatic rings. The number of rotatable bonds is 2. The molecule has 1 heterocycles. The largest absolute Gasteiger partial charge is 0.311 e. The van der Waals surface area contributed by atoms with Crippen LogP contribution in [0.25, 0.3) is 0 Å². The van der Waals surface area contributed by atoms with Crippen LogP contribution in [-0.4, -0.2) is 17.9 Å². The molecule has 0 saturated heterocycles. The molecule has 18 heavy (non-hydrogen) atoms. The molecular formula is C14H11N3O. The van der Waals surface area contributed by atoms with E-state index in [4.69, 9.17) is 5.26 Å². The highest BCUT2D eigenvalue weighted by Gasteiger charge is 2.13. The molecule has 0 spiro atoms. The summed E-state index contributed by atoms with van der Waals surface area (Å²) < 4.78 is 0. The molecule has 0 bridgehead atoms. The Hall–Kier alpha value is -2.67. The number of carbonyl (C=O) groups is 1. The van der Waals surface area contributed by atoms with Gasteiger partial charge in [-0.1, -0.05) is 6.07 Å². The highest BCUT2D eigenvalue weighted by atomic mass is 16.2. The number of carbonyl (C=O) groups excluding carboxylic acids is 1. The second-order valence-corrected chi connectivity index (χ2v) is 3.76. The number of aromatic nitrogens is 1. The van der Waals surface area contributed by atoms with Crippen LogP contribution in [0.5, 0.6) is 0 Å². The number of hydrogen-bond donors (Lipinski definition) is 0. The van der Waals surface area contributed by atoms with Crippen molar-refractivity contribution in [1.82, 2.24) is 4.98 Å². The summed E-state index contributed by atoms with van der Waals surface area (Å²) in [6.07, 6.45) is 3.26. The van der Waals surface area contributed by atoms with Gasteiger partial charge >= 0.3 is 0 Å². The van der Waals surface area contributed by atoms with Gasteiger partial charge in [-0.25, -0.2) is 0 Å². The lowest BCUT2D eigenvalue weighted by atomic mass is 10.1. The lowest BCUT2D eigenvalue weighted by molar-refractivity contribution is 0.0993. The predicted octanol–water partition coefficient (Wildman–Crippen LogP) is 2.23. The van der Waals surface area contributed by atoms with E-state index in [0.717, 1.165) is 5.69 Å². The standard InChI is InChI=1S/C14H11N3O/c1-17(13-5-7-16-8-6-13)14(18)12-4-2-3-11(9-12)10-15/h2-9H,1H3. The zero-order valence-corrected chi connectivity index (χ0v) is 9.87. The maximum absolute atomic E-state index is 12.2. The van der Waals surface area contributed by atoms with Crippen molar-refractivity contribution in [2.75, 3.05) is 11.9 Å². The average molecular weight is 237 g/mol. The molecule has 2 rings (SSSR count). The van der Waals surface area contributed by atoms with Crippen molar-refractivity contribution in [3.05, 3.63) is 59.9 Å². The van der Waals surface area contributed by atoms with Gasteiger partial charge in [-0.05, 0) is 30.3 Å². The highest BCUT2D eigenvalue weighted by Crippen LogP contribution is 2.14. The number of nitrogens with zero attached hydrogens (tertiary/aromatic N) is 3. The number of benzene rings is 1. The highest BCUT2D eigenvalue weighted by molar-refractivity contribution is 6.05. The topological polar surface area (TPSA) is 57.0 Å². The number of pyridine rings is 1. The van der Waals surface area contributed by atoms with Crippen LogP contribution in [0.2, 0.25) is 0 Å². The van der Waals surface area contributed by atoms with Crippen LogP contribution >= 0.6 is 0 Å². The van der Waals surface area contributed by atoms with Crippen molar-refractivity contribution in [2.45, 2.75) is 0 Å². The van der Waals surface area contributed by atoms with Crippen LogP contribution in [0.15, 0.2) is 48.8 Å². The molecule has 1 aromatic carbocycles. The Kier molecular flexibility index (Phi) is 3.35. The minimum atomic E-state index is -0.154. The molecule has 88 valence electrons. The van der Waals surface area contributed by atoms with Crippen molar-refractivity contribution in [3.63, 3.8) is 0 Å². The fourth-order valence-corrected chi connectivity index (χ4v) is 1.60. The third-order valence-corrected chi connectivity index (χ3v) is 2.59. The smallest absolute Gasteiger partial charge is 0.258 e. The zero-order valence-electron chi connectivity index (χ0n) is 9.87. The number of anilines is 1. The van der Waals surface area contributed by atoms with Crippen molar-refractivity contribution in [1.29, 1.82) is 5.26 Å². The normalized spacial score (nSPS) is 9.56. The van der Waals surface area contributed by atoms with Gasteiger partial charge in [-0.2, -0.15) is 5.26 Å². The van der Waals surface area contributed by atoms with Crippen LogP contribution in [-0.2, 0) is 0 Å². The minimum absolute atomic E-state index is 0.154. The van der Waals surface area contributed by atoms with Crippen LogP contribution in [0.4, 0.5) is 5.69 Å². The number of nitriles is 1. The molecule has 0 N–H and O–H groups in total. The molecule has 0 radical (unpaired) electrons. The summed E-state index contributed by atoms with van der Waals surface area (Å²) in [5.41, 5.74) is 1.73. The first kappa shape index (κ1) is 11.8. The monoisotopic (exact) mass is 237 g/mol. The van der Waals surface area contributed by atoms with E-state index in [0.29, 0.717) is 11.1 Å². The van der Waals surface area contributed by atoms with E-state index in [-0.39, 0.29) is 5.91 Å². The van der Waals surface area contributed by atoms with Gasteiger partial charge in [-0.3, -0.25) is 9.78 Å². The van der Waals surface area contributed by atoms with Crippen molar-refractivity contribution in [2.24, 2.45) is 0 Å². The molecule has 4 heteroatoms. The fraction of sp³-hybridized carbons (Fsp3) is 0.0714. The number of hydrogen-bond acceptors (Lipinski definition) is 3. The summed E-state index contributed by atoms with van der Waals surface area (Å²) in [5.74, 6) is -0.154. The molecule has 0 aliphatic rings. The van der Waals surface area contributed by atoms with Crippen LogP contribution in [0, 0.1) is 11.3 Å². The quantitative estimate of drug-likeness (QED) is 0.804. The first-order chi connectivity index (χ1) is 8.72. The maximum atomic E-state index is 12.2.